The summed E-state index contributed by atoms with van der Waals surface area (Å²) in [5.41, 5.74) is 7.43. The molecule has 1 heterocycles. The van der Waals surface area contributed by atoms with Gasteiger partial charge < -0.3 is 10.3 Å². The normalized spacial score (nSPS) is 11.5. The van der Waals surface area contributed by atoms with E-state index in [0.717, 1.165) is 17.1 Å². The number of aromatic nitrogens is 2. The largest absolute Gasteiger partial charge is 0.399 e. The number of hydrogen-bond donors (Lipinski definition) is 1. The van der Waals surface area contributed by atoms with Crippen LogP contribution in [0.1, 0.15) is 37.0 Å². The van der Waals surface area contributed by atoms with Crippen molar-refractivity contribution < 1.29 is 4.52 Å². The van der Waals surface area contributed by atoms with Crippen LogP contribution in [0.5, 0.6) is 0 Å². The van der Waals surface area contributed by atoms with Crippen molar-refractivity contribution in [1.29, 1.82) is 0 Å². The number of anilines is 1. The second-order valence-corrected chi connectivity index (χ2v) is 4.15. The molecule has 0 amide bonds. The van der Waals surface area contributed by atoms with Gasteiger partial charge in [0.05, 0.1) is 0 Å². The van der Waals surface area contributed by atoms with E-state index >= 15 is 0 Å². The van der Waals surface area contributed by atoms with Gasteiger partial charge in [-0.2, -0.15) is 4.98 Å². The third kappa shape index (κ3) is 2.93. The van der Waals surface area contributed by atoms with Crippen molar-refractivity contribution in [2.24, 2.45) is 0 Å². The lowest BCUT2D eigenvalue weighted by Crippen LogP contribution is -1.88. The van der Waals surface area contributed by atoms with Crippen LogP contribution in [-0.4, -0.2) is 10.1 Å². The van der Waals surface area contributed by atoms with Crippen LogP contribution in [0.25, 0.3) is 12.2 Å². The fourth-order valence-corrected chi connectivity index (χ4v) is 1.38. The lowest BCUT2D eigenvalue weighted by Gasteiger charge is -1.94. The molecule has 0 fully saturated rings. The van der Waals surface area contributed by atoms with Gasteiger partial charge in [0.1, 0.15) is 0 Å². The van der Waals surface area contributed by atoms with Crippen LogP contribution >= 0.6 is 0 Å². The van der Waals surface area contributed by atoms with Gasteiger partial charge in [0, 0.05) is 17.7 Å². The van der Waals surface area contributed by atoms with Crippen LogP contribution in [-0.2, 0) is 0 Å². The molecule has 1 aromatic carbocycles. The van der Waals surface area contributed by atoms with Crippen molar-refractivity contribution >= 4 is 17.8 Å². The highest BCUT2D eigenvalue weighted by atomic mass is 16.5. The van der Waals surface area contributed by atoms with Gasteiger partial charge in [0.15, 0.2) is 5.82 Å². The van der Waals surface area contributed by atoms with Crippen LogP contribution < -0.4 is 5.73 Å². The summed E-state index contributed by atoms with van der Waals surface area (Å²) in [6.45, 7) is 4.05. The Balaban J connectivity index is 2.14. The van der Waals surface area contributed by atoms with Crippen LogP contribution in [0.3, 0.4) is 0 Å². The Hall–Kier alpha value is -2.10. The molecular formula is C13H15N3O. The molecule has 4 heteroatoms. The smallest absolute Gasteiger partial charge is 0.250 e. The minimum absolute atomic E-state index is 0.272. The first-order chi connectivity index (χ1) is 8.15. The first-order valence-corrected chi connectivity index (χ1v) is 5.52. The van der Waals surface area contributed by atoms with E-state index in [0.29, 0.717) is 5.89 Å². The number of nitrogens with zero attached hydrogens (tertiary/aromatic N) is 2. The predicted molar refractivity (Wildman–Crippen MR) is 68.2 cm³/mol. The maximum atomic E-state index is 5.69. The Morgan fingerprint density at radius 3 is 2.76 bits per heavy atom. The number of hydrogen-bond acceptors (Lipinski definition) is 4. The third-order valence-corrected chi connectivity index (χ3v) is 2.30. The van der Waals surface area contributed by atoms with Crippen molar-refractivity contribution in [3.63, 3.8) is 0 Å². The van der Waals surface area contributed by atoms with Crippen LogP contribution in [0, 0.1) is 0 Å². The number of nitrogens with two attached hydrogens (primary N) is 1. The van der Waals surface area contributed by atoms with E-state index in [2.05, 4.69) is 10.1 Å². The van der Waals surface area contributed by atoms with Crippen molar-refractivity contribution in [3.05, 3.63) is 41.5 Å². The average molecular weight is 229 g/mol. The zero-order valence-electron chi connectivity index (χ0n) is 9.92. The molecule has 17 heavy (non-hydrogen) atoms. The predicted octanol–water partition coefficient (Wildman–Crippen LogP) is 2.95. The summed E-state index contributed by atoms with van der Waals surface area (Å²) in [6.07, 6.45) is 3.68. The second-order valence-electron chi connectivity index (χ2n) is 4.15. The molecule has 2 aromatic rings. The molecule has 2 N–H and O–H groups in total. The highest BCUT2D eigenvalue weighted by Gasteiger charge is 2.06. The lowest BCUT2D eigenvalue weighted by atomic mass is 10.2. The number of benzene rings is 1. The van der Waals surface area contributed by atoms with Gasteiger partial charge in [0.2, 0.25) is 0 Å². The van der Waals surface area contributed by atoms with E-state index in [1.807, 2.05) is 44.2 Å². The SMILES string of the molecule is CC(C)c1noc(/C=C/c2cccc(N)c2)n1. The molecule has 0 aliphatic heterocycles. The number of nitrogen functional groups attached to an aromatic ring is 1. The summed E-state index contributed by atoms with van der Waals surface area (Å²) in [7, 11) is 0. The molecule has 88 valence electrons. The summed E-state index contributed by atoms with van der Waals surface area (Å²) >= 11 is 0. The highest BCUT2D eigenvalue weighted by molar-refractivity contribution is 5.67. The van der Waals surface area contributed by atoms with Crippen molar-refractivity contribution in [2.45, 2.75) is 19.8 Å². The van der Waals surface area contributed by atoms with Gasteiger partial charge in [0.25, 0.3) is 5.89 Å². The standard InChI is InChI=1S/C13H15N3O/c1-9(2)13-15-12(17-16-13)7-6-10-4-3-5-11(14)8-10/h3-9H,14H2,1-2H3/b7-6+. The molecular weight excluding hydrogens is 214 g/mol. The molecule has 0 bridgehead atoms. The maximum absolute atomic E-state index is 5.69. The maximum Gasteiger partial charge on any atom is 0.250 e. The second kappa shape index (κ2) is 4.82. The van der Waals surface area contributed by atoms with Gasteiger partial charge in [-0.1, -0.05) is 31.1 Å². The van der Waals surface area contributed by atoms with Crippen molar-refractivity contribution in [2.75, 3.05) is 5.73 Å². The molecule has 0 spiro atoms. The fraction of sp³-hybridized carbons (Fsp3) is 0.231. The fourth-order valence-electron chi connectivity index (χ4n) is 1.38. The van der Waals surface area contributed by atoms with E-state index in [1.165, 1.54) is 0 Å². The molecule has 1 aromatic heterocycles. The molecule has 0 saturated carbocycles. The van der Waals surface area contributed by atoms with Crippen molar-refractivity contribution in [3.8, 4) is 0 Å². The van der Waals surface area contributed by atoms with E-state index in [4.69, 9.17) is 10.3 Å². The lowest BCUT2D eigenvalue weighted by molar-refractivity contribution is 0.400. The Labute approximate surface area is 100 Å². The van der Waals surface area contributed by atoms with E-state index in [9.17, 15) is 0 Å². The van der Waals surface area contributed by atoms with Crippen LogP contribution in [0.2, 0.25) is 0 Å². The molecule has 0 aliphatic carbocycles. The molecule has 0 unspecified atom stereocenters. The summed E-state index contributed by atoms with van der Waals surface area (Å²) in [6, 6.07) is 7.60. The monoisotopic (exact) mass is 229 g/mol. The van der Waals surface area contributed by atoms with Crippen LogP contribution in [0.15, 0.2) is 28.8 Å². The minimum atomic E-state index is 0.272. The van der Waals surface area contributed by atoms with Gasteiger partial charge in [-0.05, 0) is 23.8 Å². The molecule has 0 aliphatic rings. The van der Waals surface area contributed by atoms with E-state index in [-0.39, 0.29) is 5.92 Å². The van der Waals surface area contributed by atoms with E-state index in [1.54, 1.807) is 6.08 Å². The van der Waals surface area contributed by atoms with Gasteiger partial charge >= 0.3 is 0 Å². The Bertz CT molecular complexity index is 529. The highest BCUT2D eigenvalue weighted by Crippen LogP contribution is 2.13. The van der Waals surface area contributed by atoms with Gasteiger partial charge in [-0.15, -0.1) is 0 Å². The molecule has 0 radical (unpaired) electrons. The van der Waals surface area contributed by atoms with Gasteiger partial charge in [-0.25, -0.2) is 0 Å². The van der Waals surface area contributed by atoms with E-state index < -0.39 is 0 Å². The number of rotatable bonds is 3. The Morgan fingerprint density at radius 1 is 1.29 bits per heavy atom. The third-order valence-electron chi connectivity index (χ3n) is 2.30. The Kier molecular flexibility index (Phi) is 3.23. The minimum Gasteiger partial charge on any atom is -0.399 e. The summed E-state index contributed by atoms with van der Waals surface area (Å²) < 4.78 is 5.10. The van der Waals surface area contributed by atoms with Crippen molar-refractivity contribution in [1.82, 2.24) is 10.1 Å². The summed E-state index contributed by atoms with van der Waals surface area (Å²) in [4.78, 5) is 4.25. The summed E-state index contributed by atoms with van der Waals surface area (Å²) in [5, 5.41) is 3.88. The topological polar surface area (TPSA) is 64.9 Å². The Morgan fingerprint density at radius 2 is 2.12 bits per heavy atom. The average Bonchev–Trinajstić information content (AvgIpc) is 2.75. The molecule has 0 atom stereocenters. The zero-order valence-corrected chi connectivity index (χ0v) is 9.92. The van der Waals surface area contributed by atoms with Gasteiger partial charge in [-0.3, -0.25) is 0 Å². The summed E-state index contributed by atoms with van der Waals surface area (Å²) in [5.74, 6) is 1.50. The quantitative estimate of drug-likeness (QED) is 0.822. The zero-order chi connectivity index (χ0) is 12.3. The molecule has 0 saturated heterocycles. The molecule has 2 rings (SSSR count). The molecule has 4 nitrogen and oxygen atoms in total. The first-order valence-electron chi connectivity index (χ1n) is 5.52. The van der Waals surface area contributed by atoms with Crippen LogP contribution in [0.4, 0.5) is 5.69 Å². The first kappa shape index (κ1) is 11.4.